The molecule has 2 rings (SSSR count). The van der Waals surface area contributed by atoms with E-state index < -0.39 is 0 Å². The molecule has 0 atom stereocenters. The standard InChI is InChI=1S/C15H17NOS2/c1-12-4-6-13(7-5-12)15(17)16-8-10-18-11-14-3-2-9-19-14/h2-7,9H,8,10-11H2,1H3,(H,16,17). The Hall–Kier alpha value is -1.26. The average molecular weight is 291 g/mol. The van der Waals surface area contributed by atoms with Crippen molar-refractivity contribution in [1.82, 2.24) is 5.32 Å². The molecule has 19 heavy (non-hydrogen) atoms. The second kappa shape index (κ2) is 7.36. The van der Waals surface area contributed by atoms with Gasteiger partial charge in [-0.3, -0.25) is 4.79 Å². The summed E-state index contributed by atoms with van der Waals surface area (Å²) in [7, 11) is 0. The summed E-state index contributed by atoms with van der Waals surface area (Å²) in [6, 6.07) is 11.9. The molecule has 0 saturated heterocycles. The van der Waals surface area contributed by atoms with Crippen molar-refractivity contribution in [3.63, 3.8) is 0 Å². The lowest BCUT2D eigenvalue weighted by Crippen LogP contribution is -2.25. The van der Waals surface area contributed by atoms with Crippen LogP contribution in [0.5, 0.6) is 0 Å². The Morgan fingerprint density at radius 1 is 1.26 bits per heavy atom. The molecule has 0 unspecified atom stereocenters. The Morgan fingerprint density at radius 3 is 2.74 bits per heavy atom. The van der Waals surface area contributed by atoms with Gasteiger partial charge in [0.2, 0.25) is 0 Å². The summed E-state index contributed by atoms with van der Waals surface area (Å²) in [5, 5.41) is 5.03. The first-order chi connectivity index (χ1) is 9.25. The van der Waals surface area contributed by atoms with Crippen LogP contribution in [0.1, 0.15) is 20.8 Å². The van der Waals surface area contributed by atoms with E-state index in [9.17, 15) is 4.79 Å². The minimum Gasteiger partial charge on any atom is -0.351 e. The molecule has 0 fully saturated rings. The predicted octanol–water partition coefficient (Wildman–Crippen LogP) is 3.72. The number of amides is 1. The maximum atomic E-state index is 11.8. The van der Waals surface area contributed by atoms with Gasteiger partial charge in [0.15, 0.2) is 0 Å². The molecule has 0 aliphatic carbocycles. The quantitative estimate of drug-likeness (QED) is 0.822. The van der Waals surface area contributed by atoms with E-state index in [1.54, 1.807) is 11.3 Å². The lowest BCUT2D eigenvalue weighted by Gasteiger charge is -2.05. The van der Waals surface area contributed by atoms with Crippen LogP contribution >= 0.6 is 23.1 Å². The van der Waals surface area contributed by atoms with Gasteiger partial charge in [-0.25, -0.2) is 0 Å². The summed E-state index contributed by atoms with van der Waals surface area (Å²) in [6.45, 7) is 2.73. The molecule has 1 heterocycles. The van der Waals surface area contributed by atoms with Gasteiger partial charge in [0.1, 0.15) is 0 Å². The summed E-state index contributed by atoms with van der Waals surface area (Å²) < 4.78 is 0. The molecular formula is C15H17NOS2. The summed E-state index contributed by atoms with van der Waals surface area (Å²) in [4.78, 5) is 13.2. The highest BCUT2D eigenvalue weighted by Gasteiger charge is 2.03. The highest BCUT2D eigenvalue weighted by atomic mass is 32.2. The van der Waals surface area contributed by atoms with E-state index in [0.717, 1.165) is 17.1 Å². The fourth-order valence-corrected chi connectivity index (χ4v) is 3.31. The van der Waals surface area contributed by atoms with Crippen LogP contribution in [-0.2, 0) is 5.75 Å². The molecule has 4 heteroatoms. The van der Waals surface area contributed by atoms with Crippen LogP contribution in [0.2, 0.25) is 0 Å². The average Bonchev–Trinajstić information content (AvgIpc) is 2.92. The number of thiophene rings is 1. The first-order valence-corrected chi connectivity index (χ1v) is 8.24. The van der Waals surface area contributed by atoms with Crippen LogP contribution < -0.4 is 5.32 Å². The zero-order valence-electron chi connectivity index (χ0n) is 10.9. The largest absolute Gasteiger partial charge is 0.351 e. The smallest absolute Gasteiger partial charge is 0.251 e. The Morgan fingerprint density at radius 2 is 2.05 bits per heavy atom. The van der Waals surface area contributed by atoms with Gasteiger partial charge in [0.25, 0.3) is 5.91 Å². The molecule has 1 amide bonds. The van der Waals surface area contributed by atoms with Crippen molar-refractivity contribution in [2.75, 3.05) is 12.3 Å². The zero-order valence-corrected chi connectivity index (χ0v) is 12.5. The summed E-state index contributed by atoms with van der Waals surface area (Å²) in [5.41, 5.74) is 1.90. The normalized spacial score (nSPS) is 10.4. The molecule has 1 N–H and O–H groups in total. The third-order valence-corrected chi connectivity index (χ3v) is 4.74. The summed E-state index contributed by atoms with van der Waals surface area (Å²) in [5.74, 6) is 1.98. The second-order valence-corrected chi connectivity index (χ2v) is 6.39. The van der Waals surface area contributed by atoms with Gasteiger partial charge in [0.05, 0.1) is 0 Å². The van der Waals surface area contributed by atoms with Crippen LogP contribution in [-0.4, -0.2) is 18.2 Å². The van der Waals surface area contributed by atoms with Crippen molar-refractivity contribution in [2.45, 2.75) is 12.7 Å². The van der Waals surface area contributed by atoms with Gasteiger partial charge in [-0.15, -0.1) is 11.3 Å². The number of thioether (sulfide) groups is 1. The van der Waals surface area contributed by atoms with E-state index in [-0.39, 0.29) is 5.91 Å². The lowest BCUT2D eigenvalue weighted by molar-refractivity contribution is 0.0956. The monoisotopic (exact) mass is 291 g/mol. The Bertz CT molecular complexity index is 505. The molecule has 0 saturated carbocycles. The molecule has 2 aromatic rings. The number of aryl methyl sites for hydroxylation is 1. The van der Waals surface area contributed by atoms with Gasteiger partial charge in [-0.2, -0.15) is 11.8 Å². The number of hydrogen-bond donors (Lipinski definition) is 1. The fraction of sp³-hybridized carbons (Fsp3) is 0.267. The minimum atomic E-state index is 0.0109. The molecule has 1 aromatic carbocycles. The van der Waals surface area contributed by atoms with E-state index in [2.05, 4.69) is 22.8 Å². The third kappa shape index (κ3) is 4.73. The van der Waals surface area contributed by atoms with Crippen LogP contribution in [0.15, 0.2) is 41.8 Å². The fourth-order valence-electron chi connectivity index (χ4n) is 1.61. The molecule has 100 valence electrons. The predicted molar refractivity (Wildman–Crippen MR) is 84.0 cm³/mol. The SMILES string of the molecule is Cc1ccc(C(=O)NCCSCc2cccs2)cc1. The molecule has 0 radical (unpaired) electrons. The van der Waals surface area contributed by atoms with Crippen molar-refractivity contribution in [3.8, 4) is 0 Å². The second-order valence-electron chi connectivity index (χ2n) is 4.25. The van der Waals surface area contributed by atoms with E-state index in [1.165, 1.54) is 10.4 Å². The van der Waals surface area contributed by atoms with Crippen molar-refractivity contribution in [3.05, 3.63) is 57.8 Å². The summed E-state index contributed by atoms with van der Waals surface area (Å²) >= 11 is 3.62. The molecule has 1 aromatic heterocycles. The Labute approximate surface area is 122 Å². The van der Waals surface area contributed by atoms with Gasteiger partial charge in [0, 0.05) is 28.5 Å². The van der Waals surface area contributed by atoms with Crippen molar-refractivity contribution in [2.24, 2.45) is 0 Å². The van der Waals surface area contributed by atoms with Crippen LogP contribution in [0.3, 0.4) is 0 Å². The van der Waals surface area contributed by atoms with Crippen molar-refractivity contribution < 1.29 is 4.79 Å². The molecular weight excluding hydrogens is 274 g/mol. The number of rotatable bonds is 6. The molecule has 0 aliphatic rings. The van der Waals surface area contributed by atoms with Gasteiger partial charge in [-0.05, 0) is 30.5 Å². The van der Waals surface area contributed by atoms with Crippen LogP contribution in [0, 0.1) is 6.92 Å². The Balaban J connectivity index is 1.65. The lowest BCUT2D eigenvalue weighted by atomic mass is 10.1. The van der Waals surface area contributed by atoms with E-state index >= 15 is 0 Å². The van der Waals surface area contributed by atoms with E-state index in [0.29, 0.717) is 6.54 Å². The zero-order chi connectivity index (χ0) is 13.5. The summed E-state index contributed by atoms with van der Waals surface area (Å²) in [6.07, 6.45) is 0. The molecule has 0 bridgehead atoms. The number of nitrogens with one attached hydrogen (secondary N) is 1. The van der Waals surface area contributed by atoms with Crippen molar-refractivity contribution in [1.29, 1.82) is 0 Å². The highest BCUT2D eigenvalue weighted by Crippen LogP contribution is 2.16. The molecule has 0 spiro atoms. The maximum absolute atomic E-state index is 11.8. The first kappa shape index (κ1) is 14.2. The maximum Gasteiger partial charge on any atom is 0.251 e. The van der Waals surface area contributed by atoms with Gasteiger partial charge < -0.3 is 5.32 Å². The number of carbonyl (C=O) groups excluding carboxylic acids is 1. The number of benzene rings is 1. The third-order valence-electron chi connectivity index (χ3n) is 2.67. The van der Waals surface area contributed by atoms with Gasteiger partial charge in [-0.1, -0.05) is 23.8 Å². The van der Waals surface area contributed by atoms with E-state index in [4.69, 9.17) is 0 Å². The Kier molecular flexibility index (Phi) is 5.48. The molecule has 0 aliphatic heterocycles. The van der Waals surface area contributed by atoms with Crippen LogP contribution in [0.4, 0.5) is 0 Å². The topological polar surface area (TPSA) is 29.1 Å². The molecule has 2 nitrogen and oxygen atoms in total. The van der Waals surface area contributed by atoms with Crippen LogP contribution in [0.25, 0.3) is 0 Å². The van der Waals surface area contributed by atoms with E-state index in [1.807, 2.05) is 43.0 Å². The number of hydrogen-bond acceptors (Lipinski definition) is 3. The van der Waals surface area contributed by atoms with Crippen molar-refractivity contribution >= 4 is 29.0 Å². The minimum absolute atomic E-state index is 0.0109. The highest BCUT2D eigenvalue weighted by molar-refractivity contribution is 7.98. The number of carbonyl (C=O) groups is 1. The first-order valence-electron chi connectivity index (χ1n) is 6.21. The van der Waals surface area contributed by atoms with Gasteiger partial charge >= 0.3 is 0 Å².